The smallest absolute Gasteiger partial charge is 0 e. The third kappa shape index (κ3) is 8.91. The summed E-state index contributed by atoms with van der Waals surface area (Å²) in [6, 6.07) is 0. The molecule has 0 aromatic carbocycles. The quantitative estimate of drug-likeness (QED) is 0.241. The Bertz CT molecular complexity index is 49.5. The van der Waals surface area contributed by atoms with Gasteiger partial charge in [0.15, 0.2) is 0 Å². The van der Waals surface area contributed by atoms with E-state index in [1.165, 1.54) is 0 Å². The van der Waals surface area contributed by atoms with Crippen molar-refractivity contribution >= 4 is 7.64 Å². The molecular formula is H2BN4Zr. The number of hydrogen-bond donors (Lipinski definition) is 1. The van der Waals surface area contributed by atoms with E-state index >= 15 is 0 Å². The predicted molar refractivity (Wildman–Crippen MR) is 17.2 cm³/mol. The Morgan fingerprint density at radius 1 is 1.50 bits per heavy atom. The zero-order chi connectivity index (χ0) is 4.12. The van der Waals surface area contributed by atoms with Gasteiger partial charge < -0.3 is 0 Å². The van der Waals surface area contributed by atoms with Crippen LogP contribution in [0.25, 0.3) is 0 Å². The third-order valence-corrected chi connectivity index (χ3v) is 0.103. The van der Waals surface area contributed by atoms with Crippen molar-refractivity contribution in [3.05, 3.63) is 0 Å². The molecule has 0 aliphatic carbocycles. The van der Waals surface area contributed by atoms with Gasteiger partial charge in [0.1, 0.15) is 0 Å². The van der Waals surface area contributed by atoms with E-state index < -0.39 is 0 Å². The van der Waals surface area contributed by atoms with Crippen molar-refractivity contribution in [2.75, 3.05) is 0 Å². The summed E-state index contributed by atoms with van der Waals surface area (Å²) in [6.07, 6.45) is 0. The first kappa shape index (κ1) is 9.47. The van der Waals surface area contributed by atoms with Crippen LogP contribution in [0.15, 0.2) is 15.5 Å². The van der Waals surface area contributed by atoms with Crippen LogP contribution in [0.2, 0.25) is 0 Å². The molecule has 0 aliphatic rings. The summed E-state index contributed by atoms with van der Waals surface area (Å²) >= 11 is 0. The Kier molecular flexibility index (Phi) is 14.1. The number of nitrogens with zero attached hydrogens (tertiary/aromatic N) is 3. The van der Waals surface area contributed by atoms with Crippen LogP contribution in [0.5, 0.6) is 0 Å². The molecule has 29 valence electrons. The van der Waals surface area contributed by atoms with Crippen molar-refractivity contribution in [2.45, 2.75) is 0 Å². The number of hydrogen-bond acceptors (Lipinski definition) is 2. The molecule has 0 rings (SSSR count). The van der Waals surface area contributed by atoms with Gasteiger partial charge in [-0.3, -0.25) is 0 Å². The minimum absolute atomic E-state index is 0. The standard InChI is InChI=1S/BH2N4.Zr/c1-3-5-4-2;/h(H2,2,5);. The molecule has 0 aromatic heterocycles. The van der Waals surface area contributed by atoms with Crippen LogP contribution < -0.4 is 5.84 Å². The van der Waals surface area contributed by atoms with Crippen LogP contribution in [0, 0.1) is 0 Å². The minimum atomic E-state index is 0. The predicted octanol–water partition coefficient (Wildman–Crippen LogP) is -0.423. The molecule has 0 fully saturated rings. The monoisotopic (exact) mass is 159 g/mol. The Hall–Kier alpha value is 0.148. The molecule has 0 saturated carbocycles. The fraction of sp³-hybridized carbons (Fsp3) is 0. The van der Waals surface area contributed by atoms with Crippen molar-refractivity contribution < 1.29 is 26.2 Å². The van der Waals surface area contributed by atoms with Gasteiger partial charge in [0, 0.05) is 26.2 Å². The van der Waals surface area contributed by atoms with Gasteiger partial charge in [-0.25, -0.2) is 0 Å². The first-order valence-electron chi connectivity index (χ1n) is 0.916. The number of rotatable bonds is 1. The van der Waals surface area contributed by atoms with E-state index in [0.717, 1.165) is 0 Å². The fourth-order valence-corrected chi connectivity index (χ4v) is 0.0298. The van der Waals surface area contributed by atoms with E-state index in [1.54, 1.807) is 0 Å². The third-order valence-electron chi connectivity index (χ3n) is 0.103. The molecule has 0 saturated heterocycles. The topological polar surface area (TPSA) is 63.1 Å². The normalized spacial score (nSPS) is 7.17. The Morgan fingerprint density at radius 2 is 2.00 bits per heavy atom. The van der Waals surface area contributed by atoms with Crippen LogP contribution in [0.4, 0.5) is 0 Å². The summed E-state index contributed by atoms with van der Waals surface area (Å²) < 4.78 is 0. The molecular weight excluding hydrogens is 158 g/mol. The van der Waals surface area contributed by atoms with Crippen LogP contribution in [0.3, 0.4) is 0 Å². The summed E-state index contributed by atoms with van der Waals surface area (Å²) in [5, 5.41) is 8.15. The van der Waals surface area contributed by atoms with Crippen LogP contribution in [-0.4, -0.2) is 7.64 Å². The Balaban J connectivity index is 0. The van der Waals surface area contributed by atoms with Gasteiger partial charge in [-0.2, -0.15) is 0 Å². The van der Waals surface area contributed by atoms with Gasteiger partial charge in [0.25, 0.3) is 0 Å². The molecule has 4 nitrogen and oxygen atoms in total. The molecule has 0 heterocycles. The van der Waals surface area contributed by atoms with Gasteiger partial charge in [-0.05, 0) is 0 Å². The second-order valence-electron chi connectivity index (χ2n) is 0.320. The van der Waals surface area contributed by atoms with Crippen molar-refractivity contribution in [1.29, 1.82) is 0 Å². The van der Waals surface area contributed by atoms with E-state index in [1.807, 2.05) is 0 Å². The molecule has 1 radical (unpaired) electrons. The molecule has 0 aliphatic heterocycles. The molecule has 0 aromatic rings. The summed E-state index contributed by atoms with van der Waals surface area (Å²) in [7, 11) is 4.42. The summed E-state index contributed by atoms with van der Waals surface area (Å²) in [5.41, 5.74) is 0. The molecule has 6 heteroatoms. The second-order valence-corrected chi connectivity index (χ2v) is 0.320. The van der Waals surface area contributed by atoms with Crippen LogP contribution in [-0.2, 0) is 26.2 Å². The van der Waals surface area contributed by atoms with Crippen molar-refractivity contribution in [3.63, 3.8) is 0 Å². The maximum absolute atomic E-state index is 4.42. The second kappa shape index (κ2) is 8.94. The van der Waals surface area contributed by atoms with E-state index in [0.29, 0.717) is 0 Å². The van der Waals surface area contributed by atoms with Crippen molar-refractivity contribution in [3.8, 4) is 0 Å². The molecule has 0 bridgehead atoms. The Labute approximate surface area is 55.4 Å². The van der Waals surface area contributed by atoms with Gasteiger partial charge in [-0.1, -0.05) is 0 Å². The van der Waals surface area contributed by atoms with Gasteiger partial charge >= 0.3 is 28.9 Å². The minimum Gasteiger partial charge on any atom is 0 e. The maximum Gasteiger partial charge on any atom is 0 e. The number of nitrogens with two attached hydrogens (primary N) is 1. The first-order valence-corrected chi connectivity index (χ1v) is 0.916. The summed E-state index contributed by atoms with van der Waals surface area (Å²) in [5.74, 6) is 4.42. The van der Waals surface area contributed by atoms with E-state index in [4.69, 9.17) is 0 Å². The van der Waals surface area contributed by atoms with Gasteiger partial charge in [0.05, 0.1) is 0 Å². The van der Waals surface area contributed by atoms with E-state index in [-0.39, 0.29) is 26.2 Å². The van der Waals surface area contributed by atoms with E-state index in [9.17, 15) is 0 Å². The Morgan fingerprint density at radius 3 is 2.00 bits per heavy atom. The zero-order valence-corrected chi connectivity index (χ0v) is 5.45. The summed E-state index contributed by atoms with van der Waals surface area (Å²) in [6.45, 7) is 0. The maximum atomic E-state index is 4.42. The molecule has 0 amide bonds. The molecule has 0 atom stereocenters. The molecule has 2 N–H and O–H groups in total. The van der Waals surface area contributed by atoms with Gasteiger partial charge in [-0.15, -0.1) is 0 Å². The van der Waals surface area contributed by atoms with Crippen LogP contribution >= 0.6 is 0 Å². The zero-order valence-electron chi connectivity index (χ0n) is 3.00. The average molecular weight is 160 g/mol. The van der Waals surface area contributed by atoms with E-state index in [2.05, 4.69) is 28.9 Å². The molecule has 0 unspecified atom stereocenters. The largest absolute Gasteiger partial charge is 0 e. The molecule has 6 heavy (non-hydrogen) atoms. The average Bonchev–Trinajstić information content (AvgIpc) is 1.41. The van der Waals surface area contributed by atoms with Gasteiger partial charge in [0.2, 0.25) is 0 Å². The fourth-order valence-electron chi connectivity index (χ4n) is 0.0298. The summed E-state index contributed by atoms with van der Waals surface area (Å²) in [4.78, 5) is 0. The van der Waals surface area contributed by atoms with Crippen LogP contribution in [0.1, 0.15) is 0 Å². The van der Waals surface area contributed by atoms with Crippen molar-refractivity contribution in [2.24, 2.45) is 21.3 Å². The van der Waals surface area contributed by atoms with Crippen molar-refractivity contribution in [1.82, 2.24) is 0 Å². The first-order chi connectivity index (χ1) is 2.41. The SMILES string of the molecule is [B]=N/N=N/N.[Zr]. The molecule has 0 spiro atoms.